The lowest BCUT2D eigenvalue weighted by molar-refractivity contribution is -0.137. The number of nitrogens with one attached hydrogen (secondary N) is 1. The van der Waals surface area contributed by atoms with Crippen LogP contribution in [-0.2, 0) is 26.0 Å². The fourth-order valence-corrected chi connectivity index (χ4v) is 4.87. The molecule has 0 unspecified atom stereocenters. The van der Waals surface area contributed by atoms with Gasteiger partial charge in [-0.1, -0.05) is 30.3 Å². The minimum Gasteiger partial charge on any atom is -0.481 e. The van der Waals surface area contributed by atoms with Crippen LogP contribution in [0, 0.1) is 0 Å². The van der Waals surface area contributed by atoms with Crippen molar-refractivity contribution in [2.45, 2.75) is 43.7 Å². The molecule has 148 valence electrons. The Morgan fingerprint density at radius 3 is 2.50 bits per heavy atom. The van der Waals surface area contributed by atoms with Gasteiger partial charge in [0.1, 0.15) is 0 Å². The van der Waals surface area contributed by atoms with Crippen molar-refractivity contribution < 1.29 is 23.1 Å². The van der Waals surface area contributed by atoms with E-state index in [0.29, 0.717) is 17.7 Å². The number of anilines is 1. The van der Waals surface area contributed by atoms with E-state index >= 15 is 0 Å². The molecule has 0 saturated carbocycles. The summed E-state index contributed by atoms with van der Waals surface area (Å²) in [4.78, 5) is 24.8. The van der Waals surface area contributed by atoms with Gasteiger partial charge in [0.2, 0.25) is 15.9 Å². The van der Waals surface area contributed by atoms with Crippen LogP contribution in [0.1, 0.15) is 37.4 Å². The van der Waals surface area contributed by atoms with E-state index in [1.807, 2.05) is 6.92 Å². The Balaban J connectivity index is 1.91. The molecule has 2 atom stereocenters. The number of carbonyl (C=O) groups is 2. The zero-order chi connectivity index (χ0) is 20.5. The molecule has 0 bridgehead atoms. The van der Waals surface area contributed by atoms with Crippen molar-refractivity contribution in [2.24, 2.45) is 0 Å². The van der Waals surface area contributed by atoms with Gasteiger partial charge in [-0.3, -0.25) is 9.59 Å². The molecular weight excluding hydrogens is 380 g/mol. The van der Waals surface area contributed by atoms with Gasteiger partial charge in [-0.05, 0) is 42.7 Å². The number of carboxylic acid groups (broad SMARTS) is 1. The van der Waals surface area contributed by atoms with E-state index in [1.54, 1.807) is 47.4 Å². The molecule has 0 saturated heterocycles. The van der Waals surface area contributed by atoms with Gasteiger partial charge in [0.25, 0.3) is 0 Å². The lowest BCUT2D eigenvalue weighted by Crippen LogP contribution is -2.33. The number of carbonyl (C=O) groups excluding carboxylic acids is 1. The maximum atomic E-state index is 12.9. The molecule has 1 amide bonds. The Morgan fingerprint density at radius 1 is 1.21 bits per heavy atom. The number of aliphatic carboxylic acids is 1. The predicted molar refractivity (Wildman–Crippen MR) is 105 cm³/mol. The normalized spacial score (nSPS) is 17.2. The molecule has 1 aliphatic heterocycles. The summed E-state index contributed by atoms with van der Waals surface area (Å²) in [6.45, 7) is 3.39. The van der Waals surface area contributed by atoms with E-state index < -0.39 is 22.0 Å². The highest BCUT2D eigenvalue weighted by atomic mass is 32.2. The lowest BCUT2D eigenvalue weighted by Gasteiger charge is -2.21. The van der Waals surface area contributed by atoms with Gasteiger partial charge in [0, 0.05) is 18.7 Å². The van der Waals surface area contributed by atoms with Gasteiger partial charge in [-0.25, -0.2) is 13.1 Å². The number of amides is 1. The van der Waals surface area contributed by atoms with Crippen LogP contribution in [0.5, 0.6) is 0 Å². The number of hydrogen-bond acceptors (Lipinski definition) is 4. The number of benzene rings is 2. The molecule has 2 aromatic rings. The van der Waals surface area contributed by atoms with E-state index in [2.05, 4.69) is 4.72 Å². The van der Waals surface area contributed by atoms with Crippen LogP contribution >= 0.6 is 0 Å². The van der Waals surface area contributed by atoms with Crippen LogP contribution in [-0.4, -0.2) is 31.4 Å². The monoisotopic (exact) mass is 402 g/mol. The molecular formula is C20H22N2O5S. The lowest BCUT2D eigenvalue weighted by atomic mass is 10.1. The fraction of sp³-hybridized carbons (Fsp3) is 0.300. The summed E-state index contributed by atoms with van der Waals surface area (Å²) in [7, 11) is -3.95. The third kappa shape index (κ3) is 4.07. The first-order valence-corrected chi connectivity index (χ1v) is 10.4. The Morgan fingerprint density at radius 2 is 1.89 bits per heavy atom. The topological polar surface area (TPSA) is 104 Å². The van der Waals surface area contributed by atoms with E-state index in [1.165, 1.54) is 13.0 Å². The summed E-state index contributed by atoms with van der Waals surface area (Å²) in [6.07, 6.45) is 0.193. The second kappa shape index (κ2) is 7.73. The first kappa shape index (κ1) is 20.0. The zero-order valence-corrected chi connectivity index (χ0v) is 16.4. The second-order valence-electron chi connectivity index (χ2n) is 6.92. The molecule has 3 rings (SSSR count). The minimum atomic E-state index is -3.95. The van der Waals surface area contributed by atoms with E-state index in [9.17, 15) is 23.1 Å². The van der Waals surface area contributed by atoms with E-state index in [0.717, 1.165) is 5.56 Å². The van der Waals surface area contributed by atoms with Crippen molar-refractivity contribution in [1.29, 1.82) is 0 Å². The summed E-state index contributed by atoms with van der Waals surface area (Å²) in [5, 5.41) is 9.18. The molecule has 2 N–H and O–H groups in total. The Kier molecular flexibility index (Phi) is 5.53. The maximum Gasteiger partial charge on any atom is 0.305 e. The fourth-order valence-electron chi connectivity index (χ4n) is 3.60. The summed E-state index contributed by atoms with van der Waals surface area (Å²) < 4.78 is 28.3. The van der Waals surface area contributed by atoms with Gasteiger partial charge in [-0.2, -0.15) is 0 Å². The Hall–Kier alpha value is -2.71. The standard InChI is InChI=1S/C20H22N2O5S/c1-13-10-16-11-17(8-9-19(16)22(13)14(2)23)28(26,27)21-18(12-20(24)25)15-6-4-3-5-7-15/h3-9,11,13,18,21H,10,12H2,1-2H3,(H,24,25)/t13-,18+/m0/s1. The highest BCUT2D eigenvalue weighted by molar-refractivity contribution is 7.89. The zero-order valence-electron chi connectivity index (χ0n) is 15.6. The van der Waals surface area contributed by atoms with Gasteiger partial charge in [-0.15, -0.1) is 0 Å². The average Bonchev–Trinajstić information content (AvgIpc) is 2.96. The SMILES string of the molecule is CC(=O)N1c2ccc(S(=O)(=O)N[C@H](CC(=O)O)c3ccccc3)cc2C[C@@H]1C. The highest BCUT2D eigenvalue weighted by Gasteiger charge is 2.31. The largest absolute Gasteiger partial charge is 0.481 e. The first-order valence-electron chi connectivity index (χ1n) is 8.91. The number of carboxylic acids is 1. The molecule has 1 aliphatic rings. The van der Waals surface area contributed by atoms with Crippen LogP contribution in [0.2, 0.25) is 0 Å². The summed E-state index contributed by atoms with van der Waals surface area (Å²) in [5.74, 6) is -1.19. The second-order valence-corrected chi connectivity index (χ2v) is 8.63. The van der Waals surface area contributed by atoms with Crippen molar-refractivity contribution in [1.82, 2.24) is 4.72 Å². The Labute approximate surface area is 164 Å². The van der Waals surface area contributed by atoms with E-state index in [-0.39, 0.29) is 23.3 Å². The molecule has 2 aromatic carbocycles. The van der Waals surface area contributed by atoms with Gasteiger partial charge < -0.3 is 10.0 Å². The summed E-state index contributed by atoms with van der Waals surface area (Å²) in [6, 6.07) is 12.3. The van der Waals surface area contributed by atoms with Crippen molar-refractivity contribution in [3.63, 3.8) is 0 Å². The number of rotatable bonds is 6. The first-order chi connectivity index (χ1) is 13.2. The predicted octanol–water partition coefficient (Wildman–Crippen LogP) is 2.48. The van der Waals surface area contributed by atoms with Crippen LogP contribution in [0.3, 0.4) is 0 Å². The van der Waals surface area contributed by atoms with Crippen molar-refractivity contribution in [2.75, 3.05) is 4.90 Å². The highest BCUT2D eigenvalue weighted by Crippen LogP contribution is 2.34. The van der Waals surface area contributed by atoms with Crippen LogP contribution in [0.15, 0.2) is 53.4 Å². The molecule has 8 heteroatoms. The third-order valence-corrected chi connectivity index (χ3v) is 6.26. The van der Waals surface area contributed by atoms with Crippen LogP contribution in [0.4, 0.5) is 5.69 Å². The smallest absolute Gasteiger partial charge is 0.305 e. The molecule has 1 heterocycles. The number of sulfonamides is 1. The molecule has 0 radical (unpaired) electrons. The minimum absolute atomic E-state index is 0.0394. The number of nitrogens with zero attached hydrogens (tertiary/aromatic N) is 1. The molecule has 0 aromatic heterocycles. The average molecular weight is 402 g/mol. The van der Waals surface area contributed by atoms with Crippen LogP contribution < -0.4 is 9.62 Å². The van der Waals surface area contributed by atoms with Crippen molar-refractivity contribution >= 4 is 27.6 Å². The number of fused-ring (bicyclic) bond motifs is 1. The number of hydrogen-bond donors (Lipinski definition) is 2. The quantitative estimate of drug-likeness (QED) is 0.773. The summed E-state index contributed by atoms with van der Waals surface area (Å²) >= 11 is 0. The van der Waals surface area contributed by atoms with Crippen LogP contribution in [0.25, 0.3) is 0 Å². The van der Waals surface area contributed by atoms with E-state index in [4.69, 9.17) is 0 Å². The van der Waals surface area contributed by atoms with Gasteiger partial charge in [0.15, 0.2) is 0 Å². The summed E-state index contributed by atoms with van der Waals surface area (Å²) in [5.41, 5.74) is 2.06. The molecule has 28 heavy (non-hydrogen) atoms. The van der Waals surface area contributed by atoms with Gasteiger partial charge in [0.05, 0.1) is 17.4 Å². The molecule has 7 nitrogen and oxygen atoms in total. The molecule has 0 fully saturated rings. The Bertz CT molecular complexity index is 1000. The van der Waals surface area contributed by atoms with Gasteiger partial charge >= 0.3 is 5.97 Å². The van der Waals surface area contributed by atoms with Crippen molar-refractivity contribution in [3.05, 3.63) is 59.7 Å². The molecule has 0 aliphatic carbocycles. The van der Waals surface area contributed by atoms with Crippen molar-refractivity contribution in [3.8, 4) is 0 Å². The molecule has 0 spiro atoms. The maximum absolute atomic E-state index is 12.9. The third-order valence-electron chi connectivity index (χ3n) is 4.79.